The Balaban J connectivity index is 1.69. The number of aliphatic hydroxyl groups is 3. The molecule has 0 bridgehead atoms. The maximum atomic E-state index is 12.4. The summed E-state index contributed by atoms with van der Waals surface area (Å²) < 4.78 is 0. The summed E-state index contributed by atoms with van der Waals surface area (Å²) in [6.45, 7) is 6.20. The van der Waals surface area contributed by atoms with Crippen LogP contribution in [0.5, 0.6) is 0 Å². The molecule has 0 unspecified atom stereocenters. The van der Waals surface area contributed by atoms with Crippen LogP contribution in [-0.4, -0.2) is 51.4 Å². The standard InChI is InChI=1S/C23H33NO5/c1-4-24-20(28)19(27)23(29)10-8-16-15-6-5-13-11-14(25)7-9-21(13,2)18(15)17(26)12-22(16,23)3/h7,9,11,15-19,26-27,29H,4-6,8,10,12H2,1-3H3,(H,24,28)/t15-,16-,17-,18+,19-,21-,22-,23-/m0/s1. The lowest BCUT2D eigenvalue weighted by atomic mass is 9.46. The van der Waals surface area contributed by atoms with Gasteiger partial charge in [0.1, 0.15) is 5.60 Å². The molecule has 4 aliphatic rings. The molecule has 160 valence electrons. The lowest BCUT2D eigenvalue weighted by Gasteiger charge is -2.60. The molecule has 1 amide bonds. The Morgan fingerprint density at radius 1 is 1.34 bits per heavy atom. The summed E-state index contributed by atoms with van der Waals surface area (Å²) in [5.41, 5.74) is -1.58. The van der Waals surface area contributed by atoms with Gasteiger partial charge in [-0.25, -0.2) is 0 Å². The molecule has 4 rings (SSSR count). The molecule has 0 heterocycles. The number of carbonyl (C=O) groups excluding carboxylic acids is 2. The Bertz CT molecular complexity index is 790. The van der Waals surface area contributed by atoms with Crippen molar-refractivity contribution in [1.82, 2.24) is 5.32 Å². The first-order chi connectivity index (χ1) is 13.6. The molecule has 8 atom stereocenters. The van der Waals surface area contributed by atoms with E-state index in [4.69, 9.17) is 0 Å². The summed E-state index contributed by atoms with van der Waals surface area (Å²) in [6, 6.07) is 0. The highest BCUT2D eigenvalue weighted by molar-refractivity contribution is 6.01. The van der Waals surface area contributed by atoms with E-state index in [1.54, 1.807) is 19.1 Å². The number of amides is 1. The van der Waals surface area contributed by atoms with Crippen molar-refractivity contribution in [3.63, 3.8) is 0 Å². The number of likely N-dealkylation sites (N-methyl/N-ethyl adjacent to an activating group) is 1. The number of allylic oxidation sites excluding steroid dienone is 4. The quantitative estimate of drug-likeness (QED) is 0.571. The van der Waals surface area contributed by atoms with Crippen LogP contribution in [0.1, 0.15) is 52.9 Å². The van der Waals surface area contributed by atoms with Gasteiger partial charge in [0, 0.05) is 23.3 Å². The maximum Gasteiger partial charge on any atom is 0.251 e. The van der Waals surface area contributed by atoms with Gasteiger partial charge in [-0.1, -0.05) is 25.5 Å². The Morgan fingerprint density at radius 3 is 2.76 bits per heavy atom. The second-order valence-electron chi connectivity index (χ2n) is 9.97. The van der Waals surface area contributed by atoms with E-state index in [0.29, 0.717) is 19.4 Å². The van der Waals surface area contributed by atoms with E-state index >= 15 is 0 Å². The molecule has 29 heavy (non-hydrogen) atoms. The minimum atomic E-state index is -1.56. The topological polar surface area (TPSA) is 107 Å². The first-order valence-corrected chi connectivity index (χ1v) is 10.9. The number of nitrogens with one attached hydrogen (secondary N) is 1. The van der Waals surface area contributed by atoms with Crippen LogP contribution in [-0.2, 0) is 9.59 Å². The van der Waals surface area contributed by atoms with Crippen molar-refractivity contribution >= 4 is 11.7 Å². The van der Waals surface area contributed by atoms with Crippen LogP contribution in [0.2, 0.25) is 0 Å². The van der Waals surface area contributed by atoms with Crippen molar-refractivity contribution in [1.29, 1.82) is 0 Å². The summed E-state index contributed by atoms with van der Waals surface area (Å²) in [5.74, 6) is -0.308. The maximum absolute atomic E-state index is 12.4. The van der Waals surface area contributed by atoms with E-state index in [9.17, 15) is 24.9 Å². The van der Waals surface area contributed by atoms with Crippen molar-refractivity contribution in [2.24, 2.45) is 28.6 Å². The highest BCUT2D eigenvalue weighted by Crippen LogP contribution is 2.67. The molecular weight excluding hydrogens is 370 g/mol. The van der Waals surface area contributed by atoms with Crippen molar-refractivity contribution in [3.8, 4) is 0 Å². The Hall–Kier alpha value is -1.50. The average molecular weight is 404 g/mol. The predicted molar refractivity (Wildman–Crippen MR) is 108 cm³/mol. The third-order valence-corrected chi connectivity index (χ3v) is 8.76. The van der Waals surface area contributed by atoms with Gasteiger partial charge < -0.3 is 20.6 Å². The number of hydrogen-bond donors (Lipinski definition) is 4. The summed E-state index contributed by atoms with van der Waals surface area (Å²) in [7, 11) is 0. The first kappa shape index (κ1) is 20.8. The molecule has 3 saturated carbocycles. The van der Waals surface area contributed by atoms with Crippen molar-refractivity contribution < 1.29 is 24.9 Å². The minimum Gasteiger partial charge on any atom is -0.393 e. The molecule has 3 fully saturated rings. The number of fused-ring (bicyclic) bond motifs is 5. The van der Waals surface area contributed by atoms with Crippen LogP contribution < -0.4 is 5.32 Å². The SMILES string of the molecule is CCNC(=O)[C@H](O)[C@@]1(O)CC[C@H]2[C@@H]3CCC4=CC(=O)C=C[C@]4(C)[C@H]3[C@@H](O)C[C@@]21C. The second-order valence-corrected chi connectivity index (χ2v) is 9.97. The molecule has 4 aliphatic carbocycles. The predicted octanol–water partition coefficient (Wildman–Crippen LogP) is 1.49. The fraction of sp³-hybridized carbons (Fsp3) is 0.739. The molecule has 0 aromatic heterocycles. The van der Waals surface area contributed by atoms with Crippen LogP contribution >= 0.6 is 0 Å². The zero-order valence-corrected chi connectivity index (χ0v) is 17.5. The van der Waals surface area contributed by atoms with Gasteiger partial charge in [0.15, 0.2) is 11.9 Å². The van der Waals surface area contributed by atoms with E-state index in [2.05, 4.69) is 12.2 Å². The minimum absolute atomic E-state index is 0.00589. The lowest BCUT2D eigenvalue weighted by Crippen LogP contribution is -2.64. The number of aliphatic hydroxyl groups excluding tert-OH is 2. The van der Waals surface area contributed by atoms with Gasteiger partial charge in [0.05, 0.1) is 6.10 Å². The summed E-state index contributed by atoms with van der Waals surface area (Å²) >= 11 is 0. The van der Waals surface area contributed by atoms with Crippen molar-refractivity contribution in [2.45, 2.75) is 70.7 Å². The van der Waals surface area contributed by atoms with Gasteiger partial charge in [-0.05, 0) is 63.0 Å². The van der Waals surface area contributed by atoms with E-state index in [-0.39, 0.29) is 29.0 Å². The number of hydrogen-bond acceptors (Lipinski definition) is 5. The first-order valence-electron chi connectivity index (χ1n) is 10.9. The van der Waals surface area contributed by atoms with Crippen LogP contribution in [0.15, 0.2) is 23.8 Å². The fourth-order valence-corrected chi connectivity index (χ4v) is 7.30. The molecule has 6 nitrogen and oxygen atoms in total. The normalized spacial score (nSPS) is 47.0. The Morgan fingerprint density at radius 2 is 2.07 bits per heavy atom. The van der Waals surface area contributed by atoms with Gasteiger partial charge in [-0.15, -0.1) is 0 Å². The highest BCUT2D eigenvalue weighted by Gasteiger charge is 2.68. The van der Waals surface area contributed by atoms with Gasteiger partial charge in [-0.3, -0.25) is 9.59 Å². The van der Waals surface area contributed by atoms with Gasteiger partial charge >= 0.3 is 0 Å². The van der Waals surface area contributed by atoms with Gasteiger partial charge in [0.25, 0.3) is 5.91 Å². The van der Waals surface area contributed by atoms with Gasteiger partial charge in [-0.2, -0.15) is 0 Å². The average Bonchev–Trinajstić information content (AvgIpc) is 2.93. The largest absolute Gasteiger partial charge is 0.393 e. The van der Waals surface area contributed by atoms with Crippen LogP contribution in [0.25, 0.3) is 0 Å². The molecule has 0 aromatic carbocycles. The molecule has 0 spiro atoms. The van der Waals surface area contributed by atoms with Crippen LogP contribution in [0, 0.1) is 28.6 Å². The number of carbonyl (C=O) groups is 2. The number of ketones is 1. The number of rotatable bonds is 3. The molecule has 4 N–H and O–H groups in total. The fourth-order valence-electron chi connectivity index (χ4n) is 7.30. The van der Waals surface area contributed by atoms with Crippen LogP contribution in [0.3, 0.4) is 0 Å². The summed E-state index contributed by atoms with van der Waals surface area (Å²) in [4.78, 5) is 24.2. The zero-order chi connectivity index (χ0) is 21.2. The summed E-state index contributed by atoms with van der Waals surface area (Å²) in [5, 5.41) is 36.2. The second kappa shape index (κ2) is 6.76. The molecular formula is C23H33NO5. The zero-order valence-electron chi connectivity index (χ0n) is 17.5. The monoisotopic (exact) mass is 403 g/mol. The smallest absolute Gasteiger partial charge is 0.251 e. The van der Waals surface area contributed by atoms with Crippen molar-refractivity contribution in [3.05, 3.63) is 23.8 Å². The molecule has 6 heteroatoms. The van der Waals surface area contributed by atoms with E-state index in [1.807, 2.05) is 13.0 Å². The van der Waals surface area contributed by atoms with E-state index in [0.717, 1.165) is 24.8 Å². The molecule has 0 aromatic rings. The lowest BCUT2D eigenvalue weighted by molar-refractivity contribution is -0.200. The summed E-state index contributed by atoms with van der Waals surface area (Å²) in [6.07, 6.45) is 6.13. The van der Waals surface area contributed by atoms with E-state index < -0.39 is 29.1 Å². The third kappa shape index (κ3) is 2.72. The Kier molecular flexibility index (Phi) is 4.84. The van der Waals surface area contributed by atoms with E-state index in [1.165, 1.54) is 0 Å². The van der Waals surface area contributed by atoms with Crippen molar-refractivity contribution in [2.75, 3.05) is 6.54 Å². The molecule has 0 aliphatic heterocycles. The molecule has 0 saturated heterocycles. The molecule has 0 radical (unpaired) electrons. The van der Waals surface area contributed by atoms with Crippen LogP contribution in [0.4, 0.5) is 0 Å². The third-order valence-electron chi connectivity index (χ3n) is 8.76. The highest BCUT2D eigenvalue weighted by atomic mass is 16.4. The van der Waals surface area contributed by atoms with Gasteiger partial charge in [0.2, 0.25) is 0 Å². The Labute approximate surface area is 172 Å².